The maximum Gasteiger partial charge on any atom is 0.408 e. The number of amides is 3. The van der Waals surface area contributed by atoms with Crippen LogP contribution in [0.4, 0.5) is 16.2 Å². The van der Waals surface area contributed by atoms with Gasteiger partial charge in [-0.05, 0) is 42.1 Å². The van der Waals surface area contributed by atoms with Gasteiger partial charge in [0.25, 0.3) is 5.91 Å². The third kappa shape index (κ3) is 6.18. The van der Waals surface area contributed by atoms with Crippen LogP contribution in [0.15, 0.2) is 72.1 Å². The quantitative estimate of drug-likeness (QED) is 0.529. The molecule has 0 spiro atoms. The van der Waals surface area contributed by atoms with Crippen LogP contribution in [0.5, 0.6) is 0 Å². The van der Waals surface area contributed by atoms with Crippen molar-refractivity contribution in [3.63, 3.8) is 0 Å². The van der Waals surface area contributed by atoms with E-state index >= 15 is 0 Å². The average molecular weight is 423 g/mol. The molecule has 3 aromatic rings. The summed E-state index contributed by atoms with van der Waals surface area (Å²) in [4.78, 5) is 37.0. The minimum absolute atomic E-state index is 0.118. The normalized spacial score (nSPS) is 11.2. The second-order valence-corrected chi connectivity index (χ2v) is 7.38. The molecule has 3 rings (SSSR count). The van der Waals surface area contributed by atoms with E-state index in [2.05, 4.69) is 16.0 Å². The summed E-state index contributed by atoms with van der Waals surface area (Å²) in [5, 5.41) is 9.81. The molecule has 3 amide bonds. The Morgan fingerprint density at radius 3 is 2.37 bits per heavy atom. The lowest BCUT2D eigenvalue weighted by Gasteiger charge is -2.15. The van der Waals surface area contributed by atoms with Gasteiger partial charge in [0.2, 0.25) is 5.91 Å². The topological polar surface area (TPSA) is 96.5 Å². The summed E-state index contributed by atoms with van der Waals surface area (Å²) >= 11 is 1.34. The van der Waals surface area contributed by atoms with Gasteiger partial charge in [-0.3, -0.25) is 9.59 Å². The van der Waals surface area contributed by atoms with Gasteiger partial charge >= 0.3 is 6.09 Å². The highest BCUT2D eigenvalue weighted by atomic mass is 32.1. The molecule has 1 atom stereocenters. The van der Waals surface area contributed by atoms with Crippen molar-refractivity contribution in [2.45, 2.75) is 19.6 Å². The smallest absolute Gasteiger partial charge is 0.408 e. The van der Waals surface area contributed by atoms with E-state index in [0.717, 1.165) is 5.56 Å². The van der Waals surface area contributed by atoms with Crippen molar-refractivity contribution in [3.8, 4) is 0 Å². The lowest BCUT2D eigenvalue weighted by atomic mass is 10.2. The van der Waals surface area contributed by atoms with Gasteiger partial charge < -0.3 is 20.7 Å². The molecule has 1 heterocycles. The van der Waals surface area contributed by atoms with E-state index in [1.54, 1.807) is 43.3 Å². The van der Waals surface area contributed by atoms with Gasteiger partial charge in [0, 0.05) is 11.4 Å². The van der Waals surface area contributed by atoms with E-state index in [0.29, 0.717) is 16.3 Å². The number of benzene rings is 2. The maximum atomic E-state index is 12.4. The van der Waals surface area contributed by atoms with Crippen LogP contribution in [0, 0.1) is 0 Å². The molecule has 2 aromatic carbocycles. The molecule has 0 radical (unpaired) electrons. The molecule has 0 aliphatic carbocycles. The van der Waals surface area contributed by atoms with E-state index in [9.17, 15) is 14.4 Å². The molecular weight excluding hydrogens is 402 g/mol. The summed E-state index contributed by atoms with van der Waals surface area (Å²) in [6, 6.07) is 18.8. The van der Waals surface area contributed by atoms with Gasteiger partial charge in [-0.25, -0.2) is 4.79 Å². The number of hydrogen-bond donors (Lipinski definition) is 3. The monoisotopic (exact) mass is 423 g/mol. The Balaban J connectivity index is 1.49. The van der Waals surface area contributed by atoms with Gasteiger partial charge in [-0.2, -0.15) is 0 Å². The summed E-state index contributed by atoms with van der Waals surface area (Å²) in [7, 11) is 0. The first kappa shape index (κ1) is 21.1. The zero-order chi connectivity index (χ0) is 21.3. The van der Waals surface area contributed by atoms with Crippen LogP contribution < -0.4 is 16.0 Å². The number of carbonyl (C=O) groups is 3. The summed E-state index contributed by atoms with van der Waals surface area (Å²) in [5.74, 6) is -0.627. The van der Waals surface area contributed by atoms with Gasteiger partial charge in [-0.1, -0.05) is 42.5 Å². The first-order valence-electron chi connectivity index (χ1n) is 9.24. The summed E-state index contributed by atoms with van der Waals surface area (Å²) < 4.78 is 5.12. The molecule has 154 valence electrons. The number of rotatable bonds is 7. The van der Waals surface area contributed by atoms with Gasteiger partial charge in [0.05, 0.1) is 4.88 Å². The second kappa shape index (κ2) is 10.2. The summed E-state index contributed by atoms with van der Waals surface area (Å²) in [5.41, 5.74) is 1.90. The zero-order valence-corrected chi connectivity index (χ0v) is 17.1. The van der Waals surface area contributed by atoms with Crippen molar-refractivity contribution in [2.75, 3.05) is 10.6 Å². The van der Waals surface area contributed by atoms with Crippen molar-refractivity contribution in [3.05, 3.63) is 82.6 Å². The largest absolute Gasteiger partial charge is 0.445 e. The van der Waals surface area contributed by atoms with Crippen LogP contribution in [0.3, 0.4) is 0 Å². The molecule has 0 fully saturated rings. The number of hydrogen-bond acceptors (Lipinski definition) is 5. The van der Waals surface area contributed by atoms with E-state index in [1.807, 2.05) is 35.7 Å². The molecule has 0 aliphatic rings. The third-order valence-electron chi connectivity index (χ3n) is 4.07. The highest BCUT2D eigenvalue weighted by Crippen LogP contribution is 2.18. The van der Waals surface area contributed by atoms with E-state index in [1.165, 1.54) is 11.3 Å². The van der Waals surface area contributed by atoms with Crippen molar-refractivity contribution < 1.29 is 19.1 Å². The van der Waals surface area contributed by atoms with E-state index < -0.39 is 18.0 Å². The predicted octanol–water partition coefficient (Wildman–Crippen LogP) is 4.25. The Morgan fingerprint density at radius 2 is 1.67 bits per heavy atom. The van der Waals surface area contributed by atoms with Crippen LogP contribution in [0.2, 0.25) is 0 Å². The van der Waals surface area contributed by atoms with E-state index in [4.69, 9.17) is 4.74 Å². The van der Waals surface area contributed by atoms with Crippen molar-refractivity contribution in [1.82, 2.24) is 5.32 Å². The number of thiophene rings is 1. The molecule has 0 aliphatic heterocycles. The van der Waals surface area contributed by atoms with Crippen LogP contribution in [-0.4, -0.2) is 23.9 Å². The predicted molar refractivity (Wildman–Crippen MR) is 117 cm³/mol. The number of carbonyl (C=O) groups excluding carboxylic acids is 3. The molecule has 1 aromatic heterocycles. The van der Waals surface area contributed by atoms with Crippen LogP contribution in [-0.2, 0) is 16.1 Å². The minimum atomic E-state index is -0.808. The fraction of sp³-hybridized carbons (Fsp3) is 0.136. The molecule has 8 heteroatoms. The average Bonchev–Trinajstić information content (AvgIpc) is 3.28. The highest BCUT2D eigenvalue weighted by Gasteiger charge is 2.17. The Hall–Kier alpha value is -3.65. The molecule has 3 N–H and O–H groups in total. The third-order valence-corrected chi connectivity index (χ3v) is 4.94. The summed E-state index contributed by atoms with van der Waals surface area (Å²) in [6.45, 7) is 1.68. The lowest BCUT2D eigenvalue weighted by molar-refractivity contribution is -0.117. The molecular formula is C22H21N3O4S. The molecule has 0 saturated heterocycles. The molecule has 0 bridgehead atoms. The standard InChI is InChI=1S/C22H21N3O4S/c1-15(23-22(28)29-14-16-7-3-2-4-8-16)20(26)24-17-9-5-10-18(13-17)25-21(27)19-11-6-12-30-19/h2-13,15H,14H2,1H3,(H,23,28)(H,24,26)(H,25,27)/t15-/m1/s1. The lowest BCUT2D eigenvalue weighted by Crippen LogP contribution is -2.41. The Labute approximate surface area is 178 Å². The Bertz CT molecular complexity index is 1010. The van der Waals surface area contributed by atoms with Crippen LogP contribution in [0.25, 0.3) is 0 Å². The molecule has 7 nitrogen and oxygen atoms in total. The molecule has 0 unspecified atom stereocenters. The van der Waals surface area contributed by atoms with Gasteiger partial charge in [0.1, 0.15) is 12.6 Å². The molecule has 30 heavy (non-hydrogen) atoms. The second-order valence-electron chi connectivity index (χ2n) is 6.43. The van der Waals surface area contributed by atoms with Crippen molar-refractivity contribution >= 4 is 40.6 Å². The first-order chi connectivity index (χ1) is 14.5. The zero-order valence-electron chi connectivity index (χ0n) is 16.3. The Kier molecular flexibility index (Phi) is 7.18. The van der Waals surface area contributed by atoms with Gasteiger partial charge in [0.15, 0.2) is 0 Å². The van der Waals surface area contributed by atoms with Crippen LogP contribution >= 0.6 is 11.3 Å². The fourth-order valence-corrected chi connectivity index (χ4v) is 3.15. The number of ether oxygens (including phenoxy) is 1. The highest BCUT2D eigenvalue weighted by molar-refractivity contribution is 7.12. The minimum Gasteiger partial charge on any atom is -0.445 e. The van der Waals surface area contributed by atoms with E-state index in [-0.39, 0.29) is 12.5 Å². The van der Waals surface area contributed by atoms with Crippen molar-refractivity contribution in [1.29, 1.82) is 0 Å². The maximum absolute atomic E-state index is 12.4. The number of nitrogens with one attached hydrogen (secondary N) is 3. The number of alkyl carbamates (subject to hydrolysis) is 1. The Morgan fingerprint density at radius 1 is 0.933 bits per heavy atom. The SMILES string of the molecule is C[C@@H](NC(=O)OCc1ccccc1)C(=O)Nc1cccc(NC(=O)c2cccs2)c1. The number of anilines is 2. The fourth-order valence-electron chi connectivity index (χ4n) is 2.53. The van der Waals surface area contributed by atoms with Crippen LogP contribution in [0.1, 0.15) is 22.2 Å². The first-order valence-corrected chi connectivity index (χ1v) is 10.1. The summed E-state index contributed by atoms with van der Waals surface area (Å²) in [6.07, 6.45) is -0.682. The van der Waals surface area contributed by atoms with Crippen molar-refractivity contribution in [2.24, 2.45) is 0 Å². The molecule has 0 saturated carbocycles. The van der Waals surface area contributed by atoms with Gasteiger partial charge in [-0.15, -0.1) is 11.3 Å².